The van der Waals surface area contributed by atoms with Gasteiger partial charge in [0.05, 0.1) is 0 Å². The van der Waals surface area contributed by atoms with Gasteiger partial charge in [0.25, 0.3) is 0 Å². The molecule has 0 amide bonds. The van der Waals surface area contributed by atoms with Gasteiger partial charge >= 0.3 is 0 Å². The van der Waals surface area contributed by atoms with E-state index in [1.54, 1.807) is 0 Å². The number of hydrogen-bond acceptors (Lipinski definition) is 3. The molecule has 1 heterocycles. The number of hydrogen-bond donors (Lipinski definition) is 1. The smallest absolute Gasteiger partial charge is 0.0461 e. The minimum absolute atomic E-state index is 0.261. The molecule has 1 aliphatic carbocycles. The Kier molecular flexibility index (Phi) is 4.45. The van der Waals surface area contributed by atoms with Gasteiger partial charge in [-0.3, -0.25) is 4.90 Å². The predicted octanol–water partition coefficient (Wildman–Crippen LogP) is 1.67. The van der Waals surface area contributed by atoms with Gasteiger partial charge in [0.1, 0.15) is 0 Å². The van der Waals surface area contributed by atoms with E-state index in [0.717, 1.165) is 25.7 Å². The summed E-state index contributed by atoms with van der Waals surface area (Å²) in [5.41, 5.74) is 6.44. The van der Waals surface area contributed by atoms with Gasteiger partial charge in [-0.2, -0.15) is 0 Å². The van der Waals surface area contributed by atoms with Crippen LogP contribution in [0.5, 0.6) is 0 Å². The third-order valence-electron chi connectivity index (χ3n) is 4.84. The highest BCUT2D eigenvalue weighted by molar-refractivity contribution is 4.99. The first-order valence-corrected chi connectivity index (χ1v) is 7.37. The van der Waals surface area contributed by atoms with Gasteiger partial charge < -0.3 is 10.6 Å². The van der Waals surface area contributed by atoms with Crippen LogP contribution in [0.4, 0.5) is 0 Å². The fraction of sp³-hybridized carbons (Fsp3) is 1.00. The van der Waals surface area contributed by atoms with E-state index in [-0.39, 0.29) is 5.54 Å². The third-order valence-corrected chi connectivity index (χ3v) is 4.84. The van der Waals surface area contributed by atoms with Crippen LogP contribution in [-0.2, 0) is 0 Å². The molecule has 2 fully saturated rings. The van der Waals surface area contributed by atoms with Crippen molar-refractivity contribution in [3.63, 3.8) is 0 Å². The molecule has 0 radical (unpaired) electrons. The second-order valence-corrected chi connectivity index (χ2v) is 5.99. The van der Waals surface area contributed by atoms with Crippen molar-refractivity contribution in [2.45, 2.75) is 57.0 Å². The number of likely N-dealkylation sites (tertiary alicyclic amines) is 1. The topological polar surface area (TPSA) is 32.5 Å². The SMILES string of the molecule is CCN(C1CCCC1)C1(CN)CCCN(C)C1. The lowest BCUT2D eigenvalue weighted by molar-refractivity contribution is 0.000354. The zero-order chi connectivity index (χ0) is 12.3. The first-order valence-electron chi connectivity index (χ1n) is 7.37. The molecule has 3 nitrogen and oxygen atoms in total. The molecule has 1 saturated heterocycles. The van der Waals surface area contributed by atoms with Gasteiger partial charge in [0.15, 0.2) is 0 Å². The molecule has 0 aromatic heterocycles. The highest BCUT2D eigenvalue weighted by Gasteiger charge is 2.41. The van der Waals surface area contributed by atoms with Crippen molar-refractivity contribution < 1.29 is 0 Å². The summed E-state index contributed by atoms with van der Waals surface area (Å²) >= 11 is 0. The van der Waals surface area contributed by atoms with Crippen molar-refractivity contribution in [3.05, 3.63) is 0 Å². The Morgan fingerprint density at radius 3 is 2.53 bits per heavy atom. The molecule has 0 aromatic rings. The quantitative estimate of drug-likeness (QED) is 0.810. The maximum Gasteiger partial charge on any atom is 0.0461 e. The molecule has 0 spiro atoms. The molecule has 0 aromatic carbocycles. The highest BCUT2D eigenvalue weighted by atomic mass is 15.3. The largest absolute Gasteiger partial charge is 0.329 e. The van der Waals surface area contributed by atoms with Crippen LogP contribution in [0.1, 0.15) is 45.4 Å². The number of nitrogens with two attached hydrogens (primary N) is 1. The molecular formula is C14H29N3. The van der Waals surface area contributed by atoms with E-state index in [0.29, 0.717) is 0 Å². The van der Waals surface area contributed by atoms with E-state index in [2.05, 4.69) is 23.8 Å². The van der Waals surface area contributed by atoms with E-state index >= 15 is 0 Å². The monoisotopic (exact) mass is 239 g/mol. The third kappa shape index (κ3) is 2.67. The second kappa shape index (κ2) is 5.68. The van der Waals surface area contributed by atoms with E-state index in [4.69, 9.17) is 5.73 Å². The Balaban J connectivity index is 2.12. The summed E-state index contributed by atoms with van der Waals surface area (Å²) in [4.78, 5) is 5.21. The van der Waals surface area contributed by atoms with Crippen molar-refractivity contribution in [1.29, 1.82) is 0 Å². The molecule has 1 unspecified atom stereocenters. The average molecular weight is 239 g/mol. The average Bonchev–Trinajstić information content (AvgIpc) is 2.83. The highest BCUT2D eigenvalue weighted by Crippen LogP contribution is 2.33. The Labute approximate surface area is 106 Å². The zero-order valence-corrected chi connectivity index (χ0v) is 11.6. The lowest BCUT2D eigenvalue weighted by Gasteiger charge is -2.50. The number of likely N-dealkylation sites (N-methyl/N-ethyl adjacent to an activating group) is 2. The van der Waals surface area contributed by atoms with Gasteiger partial charge in [-0.1, -0.05) is 19.8 Å². The molecule has 1 saturated carbocycles. The lowest BCUT2D eigenvalue weighted by Crippen LogP contribution is -2.64. The molecular weight excluding hydrogens is 210 g/mol. The van der Waals surface area contributed by atoms with Crippen molar-refractivity contribution in [2.75, 3.05) is 33.2 Å². The molecule has 0 bridgehead atoms. The maximum atomic E-state index is 6.18. The Hall–Kier alpha value is -0.120. The van der Waals surface area contributed by atoms with Crippen LogP contribution in [-0.4, -0.2) is 54.6 Å². The van der Waals surface area contributed by atoms with Crippen LogP contribution in [0, 0.1) is 0 Å². The molecule has 2 N–H and O–H groups in total. The van der Waals surface area contributed by atoms with Gasteiger partial charge in [-0.05, 0) is 45.8 Å². The molecule has 1 aliphatic heterocycles. The fourth-order valence-corrected chi connectivity index (χ4v) is 4.05. The van der Waals surface area contributed by atoms with Crippen LogP contribution < -0.4 is 5.73 Å². The second-order valence-electron chi connectivity index (χ2n) is 5.99. The molecule has 1 atom stereocenters. The predicted molar refractivity (Wildman–Crippen MR) is 73.2 cm³/mol. The molecule has 2 rings (SSSR count). The summed E-state index contributed by atoms with van der Waals surface area (Å²) in [6.07, 6.45) is 8.20. The first-order chi connectivity index (χ1) is 8.22. The van der Waals surface area contributed by atoms with E-state index in [1.807, 2.05) is 0 Å². The van der Waals surface area contributed by atoms with Crippen LogP contribution in [0.15, 0.2) is 0 Å². The minimum Gasteiger partial charge on any atom is -0.329 e. The summed E-state index contributed by atoms with van der Waals surface area (Å²) < 4.78 is 0. The van der Waals surface area contributed by atoms with Crippen molar-refractivity contribution in [2.24, 2.45) is 5.73 Å². The summed E-state index contributed by atoms with van der Waals surface area (Å²) in [7, 11) is 2.24. The summed E-state index contributed by atoms with van der Waals surface area (Å²) in [6, 6.07) is 0.801. The summed E-state index contributed by atoms with van der Waals surface area (Å²) in [6.45, 7) is 6.69. The first kappa shape index (κ1) is 13.3. The van der Waals surface area contributed by atoms with Crippen molar-refractivity contribution in [1.82, 2.24) is 9.80 Å². The fourth-order valence-electron chi connectivity index (χ4n) is 4.05. The molecule has 2 aliphatic rings. The van der Waals surface area contributed by atoms with E-state index in [9.17, 15) is 0 Å². The normalized spacial score (nSPS) is 32.5. The number of piperidine rings is 1. The number of rotatable bonds is 4. The van der Waals surface area contributed by atoms with Gasteiger partial charge in [-0.15, -0.1) is 0 Å². The Morgan fingerprint density at radius 1 is 1.29 bits per heavy atom. The lowest BCUT2D eigenvalue weighted by atomic mass is 9.85. The van der Waals surface area contributed by atoms with E-state index < -0.39 is 0 Å². The van der Waals surface area contributed by atoms with Crippen LogP contribution in [0.3, 0.4) is 0 Å². The standard InChI is InChI=1S/C14H29N3/c1-3-17(13-7-4-5-8-13)14(11-15)9-6-10-16(2)12-14/h13H,3-12,15H2,1-2H3. The van der Waals surface area contributed by atoms with Gasteiger partial charge in [0.2, 0.25) is 0 Å². The summed E-state index contributed by atoms with van der Waals surface area (Å²) in [5, 5.41) is 0. The summed E-state index contributed by atoms with van der Waals surface area (Å²) in [5.74, 6) is 0. The van der Waals surface area contributed by atoms with Crippen LogP contribution >= 0.6 is 0 Å². The van der Waals surface area contributed by atoms with Gasteiger partial charge in [0, 0.05) is 24.7 Å². The van der Waals surface area contributed by atoms with Crippen molar-refractivity contribution >= 4 is 0 Å². The minimum atomic E-state index is 0.261. The Bertz CT molecular complexity index is 238. The zero-order valence-electron chi connectivity index (χ0n) is 11.6. The molecule has 3 heteroatoms. The van der Waals surface area contributed by atoms with Crippen LogP contribution in [0.25, 0.3) is 0 Å². The van der Waals surface area contributed by atoms with E-state index in [1.165, 1.54) is 45.1 Å². The van der Waals surface area contributed by atoms with Gasteiger partial charge in [-0.25, -0.2) is 0 Å². The molecule has 100 valence electrons. The molecule has 17 heavy (non-hydrogen) atoms. The Morgan fingerprint density at radius 2 is 2.00 bits per heavy atom. The number of nitrogens with zero attached hydrogens (tertiary/aromatic N) is 2. The van der Waals surface area contributed by atoms with Crippen molar-refractivity contribution in [3.8, 4) is 0 Å². The van der Waals surface area contributed by atoms with Crippen LogP contribution in [0.2, 0.25) is 0 Å². The maximum absolute atomic E-state index is 6.18.